The number of hydrogen-bond donors (Lipinski definition) is 2. The van der Waals surface area contributed by atoms with E-state index in [-0.39, 0.29) is 6.61 Å². The molecule has 2 rings (SSSR count). The average molecular weight is 236 g/mol. The van der Waals surface area contributed by atoms with Gasteiger partial charge in [0.25, 0.3) is 0 Å². The molecule has 17 heavy (non-hydrogen) atoms. The van der Waals surface area contributed by atoms with Crippen LogP contribution in [0.25, 0.3) is 0 Å². The Morgan fingerprint density at radius 3 is 2.53 bits per heavy atom. The van der Waals surface area contributed by atoms with Gasteiger partial charge in [-0.25, -0.2) is 4.98 Å². The van der Waals surface area contributed by atoms with Gasteiger partial charge in [0.1, 0.15) is 5.82 Å². The van der Waals surface area contributed by atoms with Crippen LogP contribution < -0.4 is 5.73 Å². The van der Waals surface area contributed by atoms with E-state index in [0.29, 0.717) is 5.82 Å². The topological polar surface area (TPSA) is 65.6 Å². The molecule has 5 nitrogen and oxygen atoms in total. The van der Waals surface area contributed by atoms with Crippen LogP contribution in [-0.2, 0) is 6.54 Å². The molecule has 0 spiro atoms. The fourth-order valence-electron chi connectivity index (χ4n) is 2.13. The first-order chi connectivity index (χ1) is 8.28. The number of nitrogens with two attached hydrogens (primary N) is 1. The molecule has 1 aliphatic heterocycles. The second kappa shape index (κ2) is 5.95. The lowest BCUT2D eigenvalue weighted by Crippen LogP contribution is -2.46. The summed E-state index contributed by atoms with van der Waals surface area (Å²) >= 11 is 0. The minimum atomic E-state index is 0.247. The number of nitrogen functional groups attached to an aromatic ring is 1. The van der Waals surface area contributed by atoms with Crippen molar-refractivity contribution in [2.24, 2.45) is 0 Å². The second-order valence-electron chi connectivity index (χ2n) is 4.40. The SMILES string of the molecule is Nc1cccc(CN2CCN(CCO)CC2)n1. The number of pyridine rings is 1. The van der Waals surface area contributed by atoms with Crippen molar-refractivity contribution in [2.45, 2.75) is 6.54 Å². The van der Waals surface area contributed by atoms with E-state index in [4.69, 9.17) is 10.8 Å². The molecule has 0 bridgehead atoms. The molecule has 1 aromatic rings. The zero-order valence-electron chi connectivity index (χ0n) is 10.0. The van der Waals surface area contributed by atoms with Gasteiger partial charge in [-0.05, 0) is 12.1 Å². The predicted molar refractivity (Wildman–Crippen MR) is 67.5 cm³/mol. The maximum absolute atomic E-state index is 8.87. The maximum atomic E-state index is 8.87. The number of hydrogen-bond acceptors (Lipinski definition) is 5. The van der Waals surface area contributed by atoms with Gasteiger partial charge in [-0.15, -0.1) is 0 Å². The molecular weight excluding hydrogens is 216 g/mol. The summed E-state index contributed by atoms with van der Waals surface area (Å²) < 4.78 is 0. The molecule has 5 heteroatoms. The maximum Gasteiger partial charge on any atom is 0.123 e. The van der Waals surface area contributed by atoms with E-state index >= 15 is 0 Å². The van der Waals surface area contributed by atoms with E-state index in [9.17, 15) is 0 Å². The van der Waals surface area contributed by atoms with Crippen molar-refractivity contribution in [3.8, 4) is 0 Å². The molecule has 1 fully saturated rings. The Hall–Kier alpha value is -1.17. The summed E-state index contributed by atoms with van der Waals surface area (Å²) in [6.07, 6.45) is 0. The fraction of sp³-hybridized carbons (Fsp3) is 0.583. The molecule has 2 heterocycles. The fourth-order valence-corrected chi connectivity index (χ4v) is 2.13. The first-order valence-electron chi connectivity index (χ1n) is 6.05. The number of rotatable bonds is 4. The van der Waals surface area contributed by atoms with Gasteiger partial charge < -0.3 is 10.8 Å². The summed E-state index contributed by atoms with van der Waals surface area (Å²) in [6.45, 7) is 5.97. The van der Waals surface area contributed by atoms with Crippen molar-refractivity contribution in [3.63, 3.8) is 0 Å². The molecule has 1 aromatic heterocycles. The number of nitrogens with zero attached hydrogens (tertiary/aromatic N) is 3. The Morgan fingerprint density at radius 2 is 1.88 bits per heavy atom. The third-order valence-corrected chi connectivity index (χ3v) is 3.10. The van der Waals surface area contributed by atoms with E-state index in [0.717, 1.165) is 45.0 Å². The standard InChI is InChI=1S/C12H20N4O/c13-12-3-1-2-11(14-12)10-16-6-4-15(5-7-16)8-9-17/h1-3,17H,4-10H2,(H2,13,14). The van der Waals surface area contributed by atoms with Crippen molar-refractivity contribution in [1.82, 2.24) is 14.8 Å². The smallest absolute Gasteiger partial charge is 0.123 e. The van der Waals surface area contributed by atoms with Crippen LogP contribution in [0, 0.1) is 0 Å². The minimum Gasteiger partial charge on any atom is -0.395 e. The van der Waals surface area contributed by atoms with Crippen LogP contribution in [0.3, 0.4) is 0 Å². The highest BCUT2D eigenvalue weighted by Gasteiger charge is 2.16. The first kappa shape index (κ1) is 12.3. The molecule has 0 aliphatic carbocycles. The lowest BCUT2D eigenvalue weighted by Gasteiger charge is -2.34. The predicted octanol–water partition coefficient (Wildman–Crippen LogP) is -0.226. The van der Waals surface area contributed by atoms with Gasteiger partial charge in [-0.1, -0.05) is 6.07 Å². The molecule has 0 unspecified atom stereocenters. The van der Waals surface area contributed by atoms with Crippen molar-refractivity contribution >= 4 is 5.82 Å². The lowest BCUT2D eigenvalue weighted by atomic mass is 10.2. The summed E-state index contributed by atoms with van der Waals surface area (Å²) in [4.78, 5) is 8.96. The molecule has 1 saturated heterocycles. The Bertz CT molecular complexity index is 350. The normalized spacial score (nSPS) is 18.4. The number of anilines is 1. The quantitative estimate of drug-likeness (QED) is 0.756. The molecule has 1 aliphatic rings. The van der Waals surface area contributed by atoms with Crippen molar-refractivity contribution in [2.75, 3.05) is 45.1 Å². The molecule has 0 radical (unpaired) electrons. The zero-order chi connectivity index (χ0) is 12.1. The van der Waals surface area contributed by atoms with Crippen LogP contribution in [0.15, 0.2) is 18.2 Å². The Morgan fingerprint density at radius 1 is 1.18 bits per heavy atom. The van der Waals surface area contributed by atoms with Crippen LogP contribution in [0.1, 0.15) is 5.69 Å². The monoisotopic (exact) mass is 236 g/mol. The van der Waals surface area contributed by atoms with E-state index in [1.807, 2.05) is 18.2 Å². The van der Waals surface area contributed by atoms with Gasteiger partial charge in [0.2, 0.25) is 0 Å². The largest absolute Gasteiger partial charge is 0.395 e. The summed E-state index contributed by atoms with van der Waals surface area (Å²) in [6, 6.07) is 5.76. The summed E-state index contributed by atoms with van der Waals surface area (Å²) in [5.41, 5.74) is 6.69. The molecule has 0 atom stereocenters. The number of aliphatic hydroxyl groups excluding tert-OH is 1. The van der Waals surface area contributed by atoms with Gasteiger partial charge in [0.15, 0.2) is 0 Å². The Labute approximate surface area is 102 Å². The van der Waals surface area contributed by atoms with E-state index < -0.39 is 0 Å². The number of β-amino-alcohol motifs (C(OH)–C–C–N with tert-alkyl or cyclic N) is 1. The highest BCUT2D eigenvalue weighted by Crippen LogP contribution is 2.08. The highest BCUT2D eigenvalue weighted by molar-refractivity contribution is 5.28. The van der Waals surface area contributed by atoms with Crippen LogP contribution >= 0.6 is 0 Å². The highest BCUT2D eigenvalue weighted by atomic mass is 16.3. The van der Waals surface area contributed by atoms with Crippen LogP contribution in [0.2, 0.25) is 0 Å². The third kappa shape index (κ3) is 3.66. The van der Waals surface area contributed by atoms with Gasteiger partial charge in [0.05, 0.1) is 12.3 Å². The summed E-state index contributed by atoms with van der Waals surface area (Å²) in [5, 5.41) is 8.87. The summed E-state index contributed by atoms with van der Waals surface area (Å²) in [7, 11) is 0. The summed E-state index contributed by atoms with van der Waals surface area (Å²) in [5.74, 6) is 0.585. The van der Waals surface area contributed by atoms with E-state index in [1.165, 1.54) is 0 Å². The average Bonchev–Trinajstić information content (AvgIpc) is 2.32. The number of aliphatic hydroxyl groups is 1. The van der Waals surface area contributed by atoms with E-state index in [2.05, 4.69) is 14.8 Å². The third-order valence-electron chi connectivity index (χ3n) is 3.10. The number of aromatic nitrogens is 1. The van der Waals surface area contributed by atoms with Crippen LogP contribution in [0.5, 0.6) is 0 Å². The van der Waals surface area contributed by atoms with Gasteiger partial charge in [0, 0.05) is 39.3 Å². The molecule has 94 valence electrons. The Balaban J connectivity index is 1.82. The van der Waals surface area contributed by atoms with Gasteiger partial charge >= 0.3 is 0 Å². The van der Waals surface area contributed by atoms with Gasteiger partial charge in [-0.3, -0.25) is 9.80 Å². The molecule has 0 aromatic carbocycles. The Kier molecular flexibility index (Phi) is 4.30. The first-order valence-corrected chi connectivity index (χ1v) is 6.05. The molecule has 0 saturated carbocycles. The van der Waals surface area contributed by atoms with Crippen molar-refractivity contribution in [3.05, 3.63) is 23.9 Å². The lowest BCUT2D eigenvalue weighted by molar-refractivity contribution is 0.108. The van der Waals surface area contributed by atoms with E-state index in [1.54, 1.807) is 0 Å². The molecule has 0 amide bonds. The second-order valence-corrected chi connectivity index (χ2v) is 4.40. The van der Waals surface area contributed by atoms with Gasteiger partial charge in [-0.2, -0.15) is 0 Å². The molecular formula is C12H20N4O. The van der Waals surface area contributed by atoms with Crippen LogP contribution in [-0.4, -0.2) is 59.2 Å². The minimum absolute atomic E-state index is 0.247. The van der Waals surface area contributed by atoms with Crippen molar-refractivity contribution < 1.29 is 5.11 Å². The zero-order valence-corrected chi connectivity index (χ0v) is 10.0. The number of piperazine rings is 1. The van der Waals surface area contributed by atoms with Crippen molar-refractivity contribution in [1.29, 1.82) is 0 Å². The van der Waals surface area contributed by atoms with Crippen LogP contribution in [0.4, 0.5) is 5.82 Å². The molecule has 3 N–H and O–H groups in total.